The zero-order chi connectivity index (χ0) is 17.6. The minimum absolute atomic E-state index is 0.254. The predicted molar refractivity (Wildman–Crippen MR) is 98.0 cm³/mol. The fourth-order valence-corrected chi connectivity index (χ4v) is 3.59. The molecule has 0 fully saturated rings. The Hall–Kier alpha value is -2.06. The average molecular weight is 425 g/mol. The molecule has 2 aromatic rings. The van der Waals surface area contributed by atoms with Gasteiger partial charge in [-0.3, -0.25) is 20.4 Å². The molecule has 1 aliphatic heterocycles. The average Bonchev–Trinajstić information content (AvgIpc) is 2.91. The lowest BCUT2D eigenvalue weighted by atomic mass is 10.1. The van der Waals surface area contributed by atoms with Crippen LogP contribution in [0.1, 0.15) is 28.1 Å². The van der Waals surface area contributed by atoms with Crippen LogP contribution in [-0.4, -0.2) is 25.0 Å². The minimum atomic E-state index is -0.334. The quantitative estimate of drug-likeness (QED) is 0.739. The van der Waals surface area contributed by atoms with E-state index in [-0.39, 0.29) is 18.2 Å². The van der Waals surface area contributed by atoms with Crippen molar-refractivity contribution in [2.75, 3.05) is 13.2 Å². The van der Waals surface area contributed by atoms with E-state index in [1.165, 1.54) is 11.3 Å². The van der Waals surface area contributed by atoms with E-state index in [0.717, 1.165) is 21.5 Å². The molecule has 0 saturated heterocycles. The van der Waals surface area contributed by atoms with E-state index in [2.05, 4.69) is 26.8 Å². The first-order valence-corrected chi connectivity index (χ1v) is 9.46. The van der Waals surface area contributed by atoms with Crippen molar-refractivity contribution in [1.82, 2.24) is 10.9 Å². The van der Waals surface area contributed by atoms with E-state index in [4.69, 9.17) is 9.47 Å². The summed E-state index contributed by atoms with van der Waals surface area (Å²) in [6.45, 7) is 1.27. The maximum Gasteiger partial charge on any atom is 0.279 e. The molecule has 0 spiro atoms. The summed E-state index contributed by atoms with van der Waals surface area (Å²) in [7, 11) is 0. The third-order valence-corrected chi connectivity index (χ3v) is 5.19. The van der Waals surface area contributed by atoms with Crippen LogP contribution in [0.2, 0.25) is 0 Å². The number of fused-ring (bicyclic) bond motifs is 1. The molecule has 0 atom stereocenters. The van der Waals surface area contributed by atoms with Gasteiger partial charge in [-0.1, -0.05) is 6.07 Å². The van der Waals surface area contributed by atoms with Crippen LogP contribution in [0.4, 0.5) is 0 Å². The molecule has 6 nitrogen and oxygen atoms in total. The summed E-state index contributed by atoms with van der Waals surface area (Å²) in [5.41, 5.74) is 5.82. The second-order valence-electron chi connectivity index (χ2n) is 5.44. The van der Waals surface area contributed by atoms with Gasteiger partial charge in [-0.25, -0.2) is 0 Å². The van der Waals surface area contributed by atoms with E-state index >= 15 is 0 Å². The molecule has 1 aromatic carbocycles. The number of amides is 2. The number of nitrogens with one attached hydrogen (secondary N) is 2. The lowest BCUT2D eigenvalue weighted by molar-refractivity contribution is -0.121. The predicted octanol–water partition coefficient (Wildman–Crippen LogP) is 3.07. The molecular formula is C17H17BrN2O4S. The van der Waals surface area contributed by atoms with Gasteiger partial charge in [-0.15, -0.1) is 11.3 Å². The summed E-state index contributed by atoms with van der Waals surface area (Å²) in [6.07, 6.45) is 1.66. The molecule has 2 N–H and O–H groups in total. The number of rotatable bonds is 4. The maximum atomic E-state index is 11.9. The summed E-state index contributed by atoms with van der Waals surface area (Å²) in [5.74, 6) is 0.864. The van der Waals surface area contributed by atoms with Crippen LogP contribution in [0.25, 0.3) is 0 Å². The van der Waals surface area contributed by atoms with Crippen molar-refractivity contribution in [2.45, 2.75) is 19.3 Å². The molecule has 0 radical (unpaired) electrons. The standard InChI is InChI=1S/C17H17BrN2O4S/c18-15-6-5-14(25-15)17(22)20-19-16(21)7-3-11-2-4-12-13(10-11)24-9-1-8-23-12/h2,4-6,10H,1,3,7-9H2,(H,19,21)(H,20,22). The molecule has 25 heavy (non-hydrogen) atoms. The Kier molecular flexibility index (Phi) is 5.93. The first-order chi connectivity index (χ1) is 12.1. The molecule has 2 amide bonds. The van der Waals surface area contributed by atoms with Crippen molar-refractivity contribution >= 4 is 39.1 Å². The number of carbonyl (C=O) groups is 2. The fourth-order valence-electron chi connectivity index (χ4n) is 2.31. The van der Waals surface area contributed by atoms with Gasteiger partial charge < -0.3 is 9.47 Å². The van der Waals surface area contributed by atoms with Gasteiger partial charge in [-0.05, 0) is 52.2 Å². The number of thiophene rings is 1. The molecular weight excluding hydrogens is 408 g/mol. The largest absolute Gasteiger partial charge is 0.490 e. The highest BCUT2D eigenvalue weighted by Crippen LogP contribution is 2.30. The van der Waals surface area contributed by atoms with Crippen molar-refractivity contribution < 1.29 is 19.1 Å². The molecule has 0 bridgehead atoms. The number of carbonyl (C=O) groups excluding carboxylic acids is 2. The topological polar surface area (TPSA) is 76.7 Å². The van der Waals surface area contributed by atoms with Crippen LogP contribution in [-0.2, 0) is 11.2 Å². The number of ether oxygens (including phenoxy) is 2. The lowest BCUT2D eigenvalue weighted by Gasteiger charge is -2.10. The maximum absolute atomic E-state index is 11.9. The minimum Gasteiger partial charge on any atom is -0.490 e. The monoisotopic (exact) mass is 424 g/mol. The van der Waals surface area contributed by atoms with Crippen LogP contribution in [0, 0.1) is 0 Å². The molecule has 132 valence electrons. The van der Waals surface area contributed by atoms with Gasteiger partial charge in [0.2, 0.25) is 5.91 Å². The highest BCUT2D eigenvalue weighted by Gasteiger charge is 2.12. The van der Waals surface area contributed by atoms with Crippen LogP contribution in [0.5, 0.6) is 11.5 Å². The summed E-state index contributed by atoms with van der Waals surface area (Å²) in [5, 5.41) is 0. The summed E-state index contributed by atoms with van der Waals surface area (Å²) in [6, 6.07) is 9.15. The Morgan fingerprint density at radius 1 is 1.08 bits per heavy atom. The first kappa shape index (κ1) is 17.8. The van der Waals surface area contributed by atoms with Crippen LogP contribution >= 0.6 is 27.3 Å². The molecule has 1 aromatic heterocycles. The van der Waals surface area contributed by atoms with E-state index in [9.17, 15) is 9.59 Å². The Morgan fingerprint density at radius 2 is 1.88 bits per heavy atom. The van der Waals surface area contributed by atoms with Crippen molar-refractivity contribution in [3.05, 3.63) is 44.6 Å². The molecule has 0 aliphatic carbocycles. The van der Waals surface area contributed by atoms with Crippen molar-refractivity contribution in [3.63, 3.8) is 0 Å². The highest BCUT2D eigenvalue weighted by molar-refractivity contribution is 9.11. The summed E-state index contributed by atoms with van der Waals surface area (Å²) >= 11 is 4.59. The normalized spacial score (nSPS) is 13.0. The molecule has 1 aliphatic rings. The van der Waals surface area contributed by atoms with Gasteiger partial charge >= 0.3 is 0 Å². The van der Waals surface area contributed by atoms with Gasteiger partial charge in [-0.2, -0.15) is 0 Å². The third-order valence-electron chi connectivity index (χ3n) is 3.57. The van der Waals surface area contributed by atoms with E-state index in [1.807, 2.05) is 18.2 Å². The molecule has 2 heterocycles. The zero-order valence-corrected chi connectivity index (χ0v) is 15.7. The van der Waals surface area contributed by atoms with Crippen molar-refractivity contribution in [1.29, 1.82) is 0 Å². The summed E-state index contributed by atoms with van der Waals surface area (Å²) < 4.78 is 12.1. The molecule has 0 unspecified atom stereocenters. The van der Waals surface area contributed by atoms with Crippen molar-refractivity contribution in [2.24, 2.45) is 0 Å². The molecule has 3 rings (SSSR count). The van der Waals surface area contributed by atoms with Gasteiger partial charge in [0.25, 0.3) is 5.91 Å². The Labute approximate surface area is 157 Å². The van der Waals surface area contributed by atoms with Crippen LogP contribution in [0.3, 0.4) is 0 Å². The number of hydrogen-bond donors (Lipinski definition) is 2. The van der Waals surface area contributed by atoms with Gasteiger partial charge in [0.05, 0.1) is 21.9 Å². The van der Waals surface area contributed by atoms with E-state index < -0.39 is 0 Å². The number of hydrogen-bond acceptors (Lipinski definition) is 5. The Balaban J connectivity index is 1.47. The number of aryl methyl sites for hydroxylation is 1. The van der Waals surface area contributed by atoms with Crippen LogP contribution < -0.4 is 20.3 Å². The lowest BCUT2D eigenvalue weighted by Crippen LogP contribution is -2.41. The first-order valence-electron chi connectivity index (χ1n) is 7.85. The summed E-state index contributed by atoms with van der Waals surface area (Å²) in [4.78, 5) is 24.3. The van der Waals surface area contributed by atoms with Gasteiger partial charge in [0.15, 0.2) is 11.5 Å². The van der Waals surface area contributed by atoms with Crippen molar-refractivity contribution in [3.8, 4) is 11.5 Å². The Morgan fingerprint density at radius 3 is 2.64 bits per heavy atom. The highest BCUT2D eigenvalue weighted by atomic mass is 79.9. The smallest absolute Gasteiger partial charge is 0.279 e. The Bertz CT molecular complexity index is 778. The van der Waals surface area contributed by atoms with E-state index in [1.54, 1.807) is 12.1 Å². The second-order valence-corrected chi connectivity index (χ2v) is 7.90. The van der Waals surface area contributed by atoms with Gasteiger partial charge in [0.1, 0.15) is 0 Å². The SMILES string of the molecule is O=C(CCc1ccc2c(c1)OCCCO2)NNC(=O)c1ccc(Br)s1. The van der Waals surface area contributed by atoms with Crippen LogP contribution in [0.15, 0.2) is 34.1 Å². The van der Waals surface area contributed by atoms with Gasteiger partial charge in [0, 0.05) is 12.8 Å². The number of hydrazine groups is 1. The second kappa shape index (κ2) is 8.35. The molecule has 0 saturated carbocycles. The zero-order valence-electron chi connectivity index (χ0n) is 13.3. The fraction of sp³-hybridized carbons (Fsp3) is 0.294. The number of benzene rings is 1. The third kappa shape index (κ3) is 4.96. The molecule has 8 heteroatoms. The van der Waals surface area contributed by atoms with E-state index in [0.29, 0.717) is 30.3 Å². The number of halogens is 1.